The Kier molecular flexibility index (Phi) is 6.03. The summed E-state index contributed by atoms with van der Waals surface area (Å²) >= 11 is 0. The molecule has 0 aromatic heterocycles. The van der Waals surface area contributed by atoms with Crippen LogP contribution in [0.3, 0.4) is 0 Å². The minimum atomic E-state index is -0.266. The van der Waals surface area contributed by atoms with E-state index >= 15 is 0 Å². The zero-order valence-corrected chi connectivity index (χ0v) is 13.7. The Labute approximate surface area is 127 Å². The summed E-state index contributed by atoms with van der Waals surface area (Å²) in [5.41, 5.74) is 0.805. The molecule has 1 unspecified atom stereocenters. The van der Waals surface area contributed by atoms with E-state index in [0.29, 0.717) is 18.0 Å². The second-order valence-corrected chi connectivity index (χ2v) is 6.03. The molecule has 0 saturated carbocycles. The lowest BCUT2D eigenvalue weighted by molar-refractivity contribution is -0.124. The van der Waals surface area contributed by atoms with Crippen LogP contribution in [0.5, 0.6) is 11.5 Å². The first-order valence-electron chi connectivity index (χ1n) is 7.03. The van der Waals surface area contributed by atoms with Crippen LogP contribution in [0, 0.1) is 0 Å². The average molecular weight is 294 g/mol. The van der Waals surface area contributed by atoms with Crippen LogP contribution in [0.4, 0.5) is 0 Å². The highest BCUT2D eigenvalue weighted by Crippen LogP contribution is 2.27. The van der Waals surface area contributed by atoms with Crippen LogP contribution in [0.25, 0.3) is 0 Å². The van der Waals surface area contributed by atoms with Gasteiger partial charge in [-0.3, -0.25) is 4.79 Å². The predicted octanol–water partition coefficient (Wildman–Crippen LogP) is 2.10. The molecule has 0 fully saturated rings. The van der Waals surface area contributed by atoms with E-state index < -0.39 is 0 Å². The molecular weight excluding hydrogens is 268 g/mol. The molecule has 1 aromatic rings. The van der Waals surface area contributed by atoms with Gasteiger partial charge in [0.05, 0.1) is 20.3 Å². The van der Waals surface area contributed by atoms with Gasteiger partial charge in [-0.2, -0.15) is 0 Å². The van der Waals surface area contributed by atoms with Gasteiger partial charge < -0.3 is 20.1 Å². The second-order valence-electron chi connectivity index (χ2n) is 6.03. The molecule has 0 spiro atoms. The fourth-order valence-corrected chi connectivity index (χ4v) is 1.83. The molecular formula is C16H26N2O3. The third-order valence-electron chi connectivity index (χ3n) is 2.95. The van der Waals surface area contributed by atoms with E-state index in [0.717, 1.165) is 5.56 Å². The van der Waals surface area contributed by atoms with Gasteiger partial charge in [0.15, 0.2) is 11.5 Å². The minimum Gasteiger partial charge on any atom is -0.493 e. The van der Waals surface area contributed by atoms with Crippen molar-refractivity contribution in [1.82, 2.24) is 10.6 Å². The van der Waals surface area contributed by atoms with Gasteiger partial charge in [-0.1, -0.05) is 6.07 Å². The maximum absolute atomic E-state index is 12.0. The van der Waals surface area contributed by atoms with Crippen molar-refractivity contribution < 1.29 is 14.3 Å². The number of methoxy groups -OCH3 is 2. The normalized spacial score (nSPS) is 12.7. The van der Waals surface area contributed by atoms with Crippen LogP contribution >= 0.6 is 0 Å². The molecule has 0 saturated heterocycles. The lowest BCUT2D eigenvalue weighted by Crippen LogP contribution is -2.49. The molecule has 118 valence electrons. The van der Waals surface area contributed by atoms with Gasteiger partial charge in [0.1, 0.15) is 0 Å². The summed E-state index contributed by atoms with van der Waals surface area (Å²) in [6.45, 7) is 8.32. The van der Waals surface area contributed by atoms with Crippen molar-refractivity contribution in [3.8, 4) is 11.5 Å². The van der Waals surface area contributed by atoms with Crippen LogP contribution in [0.2, 0.25) is 0 Å². The van der Waals surface area contributed by atoms with E-state index in [1.54, 1.807) is 14.2 Å². The van der Waals surface area contributed by atoms with Crippen molar-refractivity contribution >= 4 is 5.91 Å². The molecule has 0 aliphatic carbocycles. The Morgan fingerprint density at radius 1 is 1.19 bits per heavy atom. The number of hydrogen-bond acceptors (Lipinski definition) is 4. The van der Waals surface area contributed by atoms with Crippen molar-refractivity contribution in [1.29, 1.82) is 0 Å². The van der Waals surface area contributed by atoms with Crippen LogP contribution in [-0.2, 0) is 11.3 Å². The summed E-state index contributed by atoms with van der Waals surface area (Å²) in [7, 11) is 3.21. The van der Waals surface area contributed by atoms with Crippen LogP contribution < -0.4 is 20.1 Å². The third-order valence-corrected chi connectivity index (χ3v) is 2.95. The summed E-state index contributed by atoms with van der Waals surface area (Å²) in [4.78, 5) is 12.0. The average Bonchev–Trinajstić information content (AvgIpc) is 2.42. The number of nitrogens with one attached hydrogen (secondary N) is 2. The first kappa shape index (κ1) is 17.3. The highest BCUT2D eigenvalue weighted by Gasteiger charge is 2.18. The molecule has 1 rings (SSSR count). The quantitative estimate of drug-likeness (QED) is 0.843. The molecule has 21 heavy (non-hydrogen) atoms. The molecule has 0 heterocycles. The Bertz CT molecular complexity index is 481. The van der Waals surface area contributed by atoms with Gasteiger partial charge >= 0.3 is 0 Å². The first-order valence-corrected chi connectivity index (χ1v) is 7.03. The molecule has 1 amide bonds. The number of ether oxygens (including phenoxy) is 2. The van der Waals surface area contributed by atoms with E-state index in [4.69, 9.17) is 9.47 Å². The van der Waals surface area contributed by atoms with E-state index in [2.05, 4.69) is 10.6 Å². The molecule has 0 bridgehead atoms. The molecule has 1 aromatic carbocycles. The van der Waals surface area contributed by atoms with Crippen molar-refractivity contribution in [3.63, 3.8) is 0 Å². The van der Waals surface area contributed by atoms with Crippen molar-refractivity contribution in [2.45, 2.75) is 45.8 Å². The number of hydrogen-bond donors (Lipinski definition) is 2. The lowest BCUT2D eigenvalue weighted by atomic mass is 10.1. The maximum Gasteiger partial charge on any atom is 0.237 e. The standard InChI is InChI=1S/C16H26N2O3/c1-11(15(19)18-16(2,3)4)17-10-12-7-8-13(20-5)14(9-12)21-6/h7-9,11,17H,10H2,1-6H3,(H,18,19). The molecule has 5 nitrogen and oxygen atoms in total. The SMILES string of the molecule is COc1ccc(CNC(C)C(=O)NC(C)(C)C)cc1OC. The topological polar surface area (TPSA) is 59.6 Å². The monoisotopic (exact) mass is 294 g/mol. The number of rotatable bonds is 6. The Balaban J connectivity index is 2.61. The van der Waals surface area contributed by atoms with Gasteiger partial charge in [0.2, 0.25) is 5.91 Å². The van der Waals surface area contributed by atoms with Gasteiger partial charge in [0.25, 0.3) is 0 Å². The fraction of sp³-hybridized carbons (Fsp3) is 0.562. The summed E-state index contributed by atoms with van der Waals surface area (Å²) < 4.78 is 10.5. The second kappa shape index (κ2) is 7.31. The summed E-state index contributed by atoms with van der Waals surface area (Å²) in [6, 6.07) is 5.44. The maximum atomic E-state index is 12.0. The lowest BCUT2D eigenvalue weighted by Gasteiger charge is -2.23. The third kappa shape index (κ3) is 5.63. The smallest absolute Gasteiger partial charge is 0.237 e. The van der Waals surface area contributed by atoms with Gasteiger partial charge in [-0.25, -0.2) is 0 Å². The largest absolute Gasteiger partial charge is 0.493 e. The van der Waals surface area contributed by atoms with Crippen LogP contribution in [-0.4, -0.2) is 31.7 Å². The number of benzene rings is 1. The molecule has 5 heteroatoms. The van der Waals surface area contributed by atoms with Gasteiger partial charge in [-0.05, 0) is 45.4 Å². The fourth-order valence-electron chi connectivity index (χ4n) is 1.83. The Hall–Kier alpha value is -1.75. The molecule has 2 N–H and O–H groups in total. The van der Waals surface area contributed by atoms with Gasteiger partial charge in [0, 0.05) is 12.1 Å². The minimum absolute atomic E-state index is 0.0111. The summed E-state index contributed by atoms with van der Waals surface area (Å²) in [5.74, 6) is 1.37. The number of carbonyl (C=O) groups excluding carboxylic acids is 1. The molecule has 0 aliphatic heterocycles. The van der Waals surface area contributed by atoms with E-state index in [1.807, 2.05) is 45.9 Å². The van der Waals surface area contributed by atoms with E-state index in [-0.39, 0.29) is 17.5 Å². The van der Waals surface area contributed by atoms with Crippen LogP contribution in [0.1, 0.15) is 33.3 Å². The predicted molar refractivity (Wildman–Crippen MR) is 83.7 cm³/mol. The van der Waals surface area contributed by atoms with Crippen molar-refractivity contribution in [3.05, 3.63) is 23.8 Å². The summed E-state index contributed by atoms with van der Waals surface area (Å²) in [5, 5.41) is 6.15. The first-order chi connectivity index (χ1) is 9.76. The number of amides is 1. The highest BCUT2D eigenvalue weighted by molar-refractivity contribution is 5.81. The van der Waals surface area contributed by atoms with Crippen molar-refractivity contribution in [2.24, 2.45) is 0 Å². The van der Waals surface area contributed by atoms with Gasteiger partial charge in [-0.15, -0.1) is 0 Å². The molecule has 1 atom stereocenters. The Morgan fingerprint density at radius 3 is 2.33 bits per heavy atom. The number of carbonyl (C=O) groups is 1. The van der Waals surface area contributed by atoms with E-state index in [9.17, 15) is 4.79 Å². The molecule has 0 aliphatic rings. The van der Waals surface area contributed by atoms with E-state index in [1.165, 1.54) is 0 Å². The molecule has 0 radical (unpaired) electrons. The Morgan fingerprint density at radius 2 is 1.81 bits per heavy atom. The van der Waals surface area contributed by atoms with Crippen LogP contribution in [0.15, 0.2) is 18.2 Å². The zero-order chi connectivity index (χ0) is 16.0. The summed E-state index contributed by atoms with van der Waals surface area (Å²) in [6.07, 6.45) is 0. The van der Waals surface area contributed by atoms with Crippen molar-refractivity contribution in [2.75, 3.05) is 14.2 Å². The zero-order valence-electron chi connectivity index (χ0n) is 13.7. The highest BCUT2D eigenvalue weighted by atomic mass is 16.5.